The van der Waals surface area contributed by atoms with Crippen LogP contribution in [0.3, 0.4) is 0 Å². The van der Waals surface area contributed by atoms with Gasteiger partial charge in [-0.1, -0.05) is 49.1 Å². The molecule has 0 amide bonds. The summed E-state index contributed by atoms with van der Waals surface area (Å²) in [5.74, 6) is 0. The molecular weight excluding hydrogens is 254 g/mol. The Balaban J connectivity index is 1.83. The topological polar surface area (TPSA) is 41.5 Å². The lowest BCUT2D eigenvalue weighted by Crippen LogP contribution is -2.41. The molecule has 4 heteroatoms. The lowest BCUT2D eigenvalue weighted by molar-refractivity contribution is 0.0268. The van der Waals surface area contributed by atoms with Gasteiger partial charge in [-0.3, -0.25) is 0 Å². The fraction of sp³-hybridized carbons (Fsp3) is 0.600. The lowest BCUT2D eigenvalue weighted by atomic mass is 10.0. The highest BCUT2D eigenvalue weighted by molar-refractivity contribution is 6.88. The van der Waals surface area contributed by atoms with Gasteiger partial charge in [-0.25, -0.2) is 0 Å². The average molecular weight is 279 g/mol. The molecule has 0 spiro atoms. The van der Waals surface area contributed by atoms with E-state index in [0.29, 0.717) is 19.8 Å². The van der Waals surface area contributed by atoms with Crippen molar-refractivity contribution in [2.24, 2.45) is 0 Å². The van der Waals surface area contributed by atoms with E-state index in [9.17, 15) is 5.11 Å². The number of benzene rings is 1. The number of hydrogen-bond acceptors (Lipinski definition) is 3. The van der Waals surface area contributed by atoms with Gasteiger partial charge in [0.15, 0.2) is 0 Å². The zero-order chi connectivity index (χ0) is 13.9. The molecule has 0 saturated carbocycles. The minimum absolute atomic E-state index is 0.453. The maximum Gasteiger partial charge on any atom is 0.102 e. The van der Waals surface area contributed by atoms with Gasteiger partial charge in [0.25, 0.3) is 0 Å². The lowest BCUT2D eigenvalue weighted by Gasteiger charge is -2.21. The molecule has 1 aliphatic heterocycles. The summed E-state index contributed by atoms with van der Waals surface area (Å²) in [4.78, 5) is 0. The summed E-state index contributed by atoms with van der Waals surface area (Å²) >= 11 is 0. The normalized spacial score (nSPS) is 23.8. The Bertz CT molecular complexity index is 405. The van der Waals surface area contributed by atoms with E-state index in [0.717, 1.165) is 13.0 Å². The third kappa shape index (κ3) is 4.14. The SMILES string of the molecule is C[Si](C)(C)c1ccc(CNCC2(O)CCOC2)cc1. The van der Waals surface area contributed by atoms with Crippen molar-refractivity contribution in [3.63, 3.8) is 0 Å². The van der Waals surface area contributed by atoms with E-state index in [4.69, 9.17) is 4.74 Å². The van der Waals surface area contributed by atoms with Crippen molar-refractivity contribution < 1.29 is 9.84 Å². The molecular formula is C15H25NO2Si. The Kier molecular flexibility index (Phi) is 4.45. The van der Waals surface area contributed by atoms with Crippen LogP contribution in [0.15, 0.2) is 24.3 Å². The standard InChI is InChI=1S/C15H25NO2Si/c1-19(2,3)14-6-4-13(5-7-14)10-16-11-15(17)8-9-18-12-15/h4-7,16-17H,8-12H2,1-3H3. The number of rotatable bonds is 5. The Labute approximate surface area is 117 Å². The molecule has 1 aromatic rings. The smallest absolute Gasteiger partial charge is 0.102 e. The van der Waals surface area contributed by atoms with E-state index in [1.807, 2.05) is 0 Å². The highest BCUT2D eigenvalue weighted by Gasteiger charge is 2.31. The van der Waals surface area contributed by atoms with Crippen molar-refractivity contribution in [1.82, 2.24) is 5.32 Å². The van der Waals surface area contributed by atoms with Crippen molar-refractivity contribution in [2.75, 3.05) is 19.8 Å². The predicted octanol–water partition coefficient (Wildman–Crippen LogP) is 1.47. The van der Waals surface area contributed by atoms with Gasteiger partial charge in [-0.15, -0.1) is 0 Å². The number of hydrogen-bond donors (Lipinski definition) is 2. The first-order chi connectivity index (χ1) is 8.89. The monoisotopic (exact) mass is 279 g/mol. The van der Waals surface area contributed by atoms with Gasteiger partial charge in [0.05, 0.1) is 14.7 Å². The summed E-state index contributed by atoms with van der Waals surface area (Å²) in [6, 6.07) is 8.87. The first-order valence-corrected chi connectivity index (χ1v) is 10.5. The maximum absolute atomic E-state index is 10.1. The third-order valence-electron chi connectivity index (χ3n) is 3.69. The summed E-state index contributed by atoms with van der Waals surface area (Å²) in [6.45, 7) is 9.59. The Morgan fingerprint density at radius 2 is 1.95 bits per heavy atom. The average Bonchev–Trinajstić information content (AvgIpc) is 2.76. The number of aliphatic hydroxyl groups is 1. The fourth-order valence-electron chi connectivity index (χ4n) is 2.30. The summed E-state index contributed by atoms with van der Waals surface area (Å²) in [5.41, 5.74) is 0.600. The van der Waals surface area contributed by atoms with Gasteiger partial charge >= 0.3 is 0 Å². The van der Waals surface area contributed by atoms with E-state index in [1.165, 1.54) is 10.8 Å². The molecule has 1 aliphatic rings. The molecule has 1 aromatic carbocycles. The molecule has 2 rings (SSSR count). The van der Waals surface area contributed by atoms with Crippen LogP contribution in [0.4, 0.5) is 0 Å². The van der Waals surface area contributed by atoms with Crippen LogP contribution in [0.2, 0.25) is 19.6 Å². The highest BCUT2D eigenvalue weighted by Crippen LogP contribution is 2.17. The molecule has 1 saturated heterocycles. The number of nitrogens with one attached hydrogen (secondary N) is 1. The van der Waals surface area contributed by atoms with Gasteiger partial charge in [-0.2, -0.15) is 0 Å². The molecule has 2 N–H and O–H groups in total. The third-order valence-corrected chi connectivity index (χ3v) is 5.75. The molecule has 19 heavy (non-hydrogen) atoms. The Morgan fingerprint density at radius 1 is 1.26 bits per heavy atom. The second-order valence-electron chi connectivity index (χ2n) is 6.58. The minimum Gasteiger partial charge on any atom is -0.386 e. The Hall–Kier alpha value is -0.683. The van der Waals surface area contributed by atoms with Crippen LogP contribution in [0, 0.1) is 0 Å². The first kappa shape index (κ1) is 14.7. The molecule has 1 unspecified atom stereocenters. The van der Waals surface area contributed by atoms with E-state index in [1.54, 1.807) is 0 Å². The van der Waals surface area contributed by atoms with Gasteiger partial charge in [-0.05, 0) is 5.56 Å². The molecule has 0 radical (unpaired) electrons. The van der Waals surface area contributed by atoms with Crippen molar-refractivity contribution in [3.05, 3.63) is 29.8 Å². The van der Waals surface area contributed by atoms with E-state index >= 15 is 0 Å². The zero-order valence-corrected chi connectivity index (χ0v) is 13.2. The summed E-state index contributed by atoms with van der Waals surface area (Å²) in [7, 11) is -1.20. The van der Waals surface area contributed by atoms with Crippen molar-refractivity contribution in [2.45, 2.75) is 38.2 Å². The van der Waals surface area contributed by atoms with E-state index in [-0.39, 0.29) is 0 Å². The highest BCUT2D eigenvalue weighted by atomic mass is 28.3. The van der Waals surface area contributed by atoms with Gasteiger partial charge < -0.3 is 15.2 Å². The van der Waals surface area contributed by atoms with Crippen molar-refractivity contribution in [1.29, 1.82) is 0 Å². The molecule has 0 aromatic heterocycles. The van der Waals surface area contributed by atoms with Gasteiger partial charge in [0.1, 0.15) is 5.60 Å². The Morgan fingerprint density at radius 3 is 2.47 bits per heavy atom. The molecule has 3 nitrogen and oxygen atoms in total. The minimum atomic E-state index is -1.20. The van der Waals surface area contributed by atoms with Crippen LogP contribution in [-0.4, -0.2) is 38.5 Å². The summed E-state index contributed by atoms with van der Waals surface area (Å²) < 4.78 is 5.23. The van der Waals surface area contributed by atoms with Crippen molar-refractivity contribution in [3.8, 4) is 0 Å². The van der Waals surface area contributed by atoms with Crippen LogP contribution in [-0.2, 0) is 11.3 Å². The molecule has 1 heterocycles. The molecule has 1 fully saturated rings. The van der Waals surface area contributed by atoms with Crippen LogP contribution in [0.25, 0.3) is 0 Å². The van der Waals surface area contributed by atoms with Crippen LogP contribution in [0.5, 0.6) is 0 Å². The van der Waals surface area contributed by atoms with Crippen LogP contribution in [0.1, 0.15) is 12.0 Å². The van der Waals surface area contributed by atoms with E-state index < -0.39 is 13.7 Å². The zero-order valence-electron chi connectivity index (χ0n) is 12.2. The van der Waals surface area contributed by atoms with Gasteiger partial charge in [0, 0.05) is 26.1 Å². The maximum atomic E-state index is 10.1. The molecule has 0 bridgehead atoms. The number of ether oxygens (including phenoxy) is 1. The largest absolute Gasteiger partial charge is 0.386 e. The summed E-state index contributed by atoms with van der Waals surface area (Å²) in [6.07, 6.45) is 0.731. The second kappa shape index (κ2) is 5.75. The van der Waals surface area contributed by atoms with Gasteiger partial charge in [0.2, 0.25) is 0 Å². The summed E-state index contributed by atoms with van der Waals surface area (Å²) in [5, 5.41) is 14.9. The molecule has 1 atom stereocenters. The first-order valence-electron chi connectivity index (χ1n) is 6.99. The van der Waals surface area contributed by atoms with Crippen LogP contribution >= 0.6 is 0 Å². The molecule has 106 valence electrons. The second-order valence-corrected chi connectivity index (χ2v) is 11.7. The molecule has 0 aliphatic carbocycles. The quantitative estimate of drug-likeness (QED) is 0.802. The van der Waals surface area contributed by atoms with Crippen LogP contribution < -0.4 is 10.5 Å². The van der Waals surface area contributed by atoms with E-state index in [2.05, 4.69) is 49.2 Å². The predicted molar refractivity (Wildman–Crippen MR) is 81.5 cm³/mol. The van der Waals surface area contributed by atoms with Crippen molar-refractivity contribution >= 4 is 13.3 Å². The fourth-order valence-corrected chi connectivity index (χ4v) is 3.46.